The fraction of sp³-hybridized carbons (Fsp3) is 0.353. The molecule has 27 heavy (non-hydrogen) atoms. The highest BCUT2D eigenvalue weighted by molar-refractivity contribution is 9.11. The molecule has 2 aromatic heterocycles. The van der Waals surface area contributed by atoms with Gasteiger partial charge in [-0.1, -0.05) is 6.07 Å². The third-order valence-corrected chi connectivity index (χ3v) is 9.10. The standard InChI is InChI=1S/C17H18BrN3O4S2/c18-14-5-4-13(26-14)17(11-15(19)22)6-8-21(9-10-27(17,24)25)16(23)12-3-1-2-7-20-12/h1-5,7H,6,8-11H2,(H2,19,22)/t17-/m0/s1. The van der Waals surface area contributed by atoms with Crippen LogP contribution < -0.4 is 5.73 Å². The molecule has 0 aromatic carbocycles. The van der Waals surface area contributed by atoms with Gasteiger partial charge in [0.05, 0.1) is 16.0 Å². The molecule has 2 aromatic rings. The van der Waals surface area contributed by atoms with E-state index < -0.39 is 20.5 Å². The average Bonchev–Trinajstić information content (AvgIpc) is 3.01. The van der Waals surface area contributed by atoms with Gasteiger partial charge >= 0.3 is 0 Å². The summed E-state index contributed by atoms with van der Waals surface area (Å²) >= 11 is 4.61. The molecule has 0 aliphatic carbocycles. The number of halogens is 1. The van der Waals surface area contributed by atoms with Gasteiger partial charge in [-0.05, 0) is 46.6 Å². The summed E-state index contributed by atoms with van der Waals surface area (Å²) in [6, 6.07) is 8.45. The monoisotopic (exact) mass is 471 g/mol. The van der Waals surface area contributed by atoms with Crippen LogP contribution in [0.25, 0.3) is 0 Å². The lowest BCUT2D eigenvalue weighted by Crippen LogP contribution is -2.40. The SMILES string of the molecule is NC(=O)C[C@]1(c2ccc(Br)s2)CCN(C(=O)c2ccccn2)CCS1(=O)=O. The molecule has 1 aliphatic heterocycles. The normalized spacial score (nSPS) is 22.2. The fourth-order valence-corrected chi connectivity index (χ4v) is 7.26. The van der Waals surface area contributed by atoms with Crippen LogP contribution in [0.2, 0.25) is 0 Å². The Kier molecular flexibility index (Phi) is 5.68. The number of carbonyl (C=O) groups is 2. The Morgan fingerprint density at radius 2 is 2.04 bits per heavy atom. The highest BCUT2D eigenvalue weighted by Gasteiger charge is 2.49. The topological polar surface area (TPSA) is 110 Å². The molecule has 1 fully saturated rings. The second-order valence-corrected chi connectivity index (χ2v) is 11.2. The van der Waals surface area contributed by atoms with E-state index >= 15 is 0 Å². The minimum Gasteiger partial charge on any atom is -0.370 e. The van der Waals surface area contributed by atoms with Crippen LogP contribution in [0.1, 0.15) is 28.2 Å². The van der Waals surface area contributed by atoms with Crippen molar-refractivity contribution in [2.75, 3.05) is 18.8 Å². The first-order valence-corrected chi connectivity index (χ1v) is 11.5. The van der Waals surface area contributed by atoms with Crippen LogP contribution in [-0.2, 0) is 19.4 Å². The Morgan fingerprint density at radius 3 is 2.63 bits per heavy atom. The Hall–Kier alpha value is -1.78. The van der Waals surface area contributed by atoms with E-state index in [0.717, 1.165) is 3.79 Å². The Morgan fingerprint density at radius 1 is 1.26 bits per heavy atom. The third-order valence-electron chi connectivity index (χ3n) is 4.66. The molecular formula is C17H18BrN3O4S2. The van der Waals surface area contributed by atoms with Crippen molar-refractivity contribution in [2.24, 2.45) is 5.73 Å². The molecule has 0 radical (unpaired) electrons. The first-order chi connectivity index (χ1) is 12.7. The molecule has 2 N–H and O–H groups in total. The minimum absolute atomic E-state index is 0.0464. The lowest BCUT2D eigenvalue weighted by Gasteiger charge is -2.30. The van der Waals surface area contributed by atoms with Gasteiger partial charge in [0, 0.05) is 24.2 Å². The van der Waals surface area contributed by atoms with E-state index in [0.29, 0.717) is 4.88 Å². The van der Waals surface area contributed by atoms with Crippen LogP contribution in [-0.4, -0.2) is 49.0 Å². The second kappa shape index (κ2) is 7.69. The maximum absolute atomic E-state index is 13.2. The van der Waals surface area contributed by atoms with Gasteiger partial charge in [0.2, 0.25) is 5.91 Å². The van der Waals surface area contributed by atoms with E-state index in [9.17, 15) is 18.0 Å². The highest BCUT2D eigenvalue weighted by Crippen LogP contribution is 2.44. The Labute approximate surface area is 169 Å². The van der Waals surface area contributed by atoms with Gasteiger partial charge in [-0.15, -0.1) is 11.3 Å². The van der Waals surface area contributed by atoms with Crippen LogP contribution in [0.4, 0.5) is 0 Å². The van der Waals surface area contributed by atoms with Gasteiger partial charge in [-0.2, -0.15) is 0 Å². The third kappa shape index (κ3) is 3.92. The largest absolute Gasteiger partial charge is 0.370 e. The predicted octanol–water partition coefficient (Wildman–Crippen LogP) is 1.94. The zero-order chi connectivity index (χ0) is 19.7. The highest BCUT2D eigenvalue weighted by atomic mass is 79.9. The summed E-state index contributed by atoms with van der Waals surface area (Å²) in [7, 11) is -3.73. The molecular weight excluding hydrogens is 454 g/mol. The number of thiophene rings is 1. The summed E-state index contributed by atoms with van der Waals surface area (Å²) in [6.07, 6.45) is 1.31. The van der Waals surface area contributed by atoms with Crippen LogP contribution in [0.15, 0.2) is 40.3 Å². The molecule has 3 rings (SSSR count). The Balaban J connectivity index is 1.98. The van der Waals surface area contributed by atoms with Crippen molar-refractivity contribution >= 4 is 48.9 Å². The molecule has 3 heterocycles. The van der Waals surface area contributed by atoms with E-state index in [1.807, 2.05) is 0 Å². The average molecular weight is 472 g/mol. The van der Waals surface area contributed by atoms with E-state index in [1.54, 1.807) is 30.3 Å². The van der Waals surface area contributed by atoms with Crippen molar-refractivity contribution in [1.29, 1.82) is 0 Å². The number of amides is 2. The molecule has 0 saturated carbocycles. The molecule has 1 aliphatic rings. The first-order valence-electron chi connectivity index (χ1n) is 8.22. The summed E-state index contributed by atoms with van der Waals surface area (Å²) in [5, 5.41) is 0. The second-order valence-electron chi connectivity index (χ2n) is 6.32. The number of sulfone groups is 1. The number of primary amides is 1. The van der Waals surface area contributed by atoms with Gasteiger partial charge in [0.25, 0.3) is 5.91 Å². The lowest BCUT2D eigenvalue weighted by molar-refractivity contribution is -0.118. The van der Waals surface area contributed by atoms with E-state index in [1.165, 1.54) is 22.4 Å². The van der Waals surface area contributed by atoms with Gasteiger partial charge < -0.3 is 10.6 Å². The molecule has 0 unspecified atom stereocenters. The predicted molar refractivity (Wildman–Crippen MR) is 106 cm³/mol. The number of aromatic nitrogens is 1. The zero-order valence-electron chi connectivity index (χ0n) is 14.3. The number of hydrogen-bond acceptors (Lipinski definition) is 6. The number of rotatable bonds is 4. The van der Waals surface area contributed by atoms with E-state index in [4.69, 9.17) is 5.73 Å². The van der Waals surface area contributed by atoms with Crippen molar-refractivity contribution < 1.29 is 18.0 Å². The number of nitrogens with zero attached hydrogens (tertiary/aromatic N) is 2. The van der Waals surface area contributed by atoms with Gasteiger partial charge in [-0.25, -0.2) is 8.42 Å². The summed E-state index contributed by atoms with van der Waals surface area (Å²) < 4.78 is 25.8. The maximum Gasteiger partial charge on any atom is 0.272 e. The molecule has 1 atom stereocenters. The van der Waals surface area contributed by atoms with Crippen LogP contribution in [0, 0.1) is 0 Å². The van der Waals surface area contributed by atoms with Crippen LogP contribution in [0.5, 0.6) is 0 Å². The first kappa shape index (κ1) is 20.0. The van der Waals surface area contributed by atoms with E-state index in [2.05, 4.69) is 20.9 Å². The number of hydrogen-bond donors (Lipinski definition) is 1. The van der Waals surface area contributed by atoms with Crippen molar-refractivity contribution in [1.82, 2.24) is 9.88 Å². The molecule has 144 valence electrons. The van der Waals surface area contributed by atoms with E-state index in [-0.39, 0.29) is 43.3 Å². The molecule has 0 bridgehead atoms. The summed E-state index contributed by atoms with van der Waals surface area (Å²) in [6.45, 7) is 0.238. The molecule has 10 heteroatoms. The lowest BCUT2D eigenvalue weighted by atomic mass is 9.97. The van der Waals surface area contributed by atoms with Gasteiger partial charge in [0.15, 0.2) is 9.84 Å². The van der Waals surface area contributed by atoms with Gasteiger partial charge in [-0.3, -0.25) is 14.6 Å². The molecule has 2 amide bonds. The molecule has 7 nitrogen and oxygen atoms in total. The Bertz CT molecular complexity index is 962. The maximum atomic E-state index is 13.2. The number of nitrogens with two attached hydrogens (primary N) is 1. The molecule has 0 spiro atoms. The summed E-state index contributed by atoms with van der Waals surface area (Å²) in [5.74, 6) is -1.25. The number of carbonyl (C=O) groups excluding carboxylic acids is 2. The quantitative estimate of drug-likeness (QED) is 0.732. The number of pyridine rings is 1. The van der Waals surface area contributed by atoms with Crippen LogP contribution >= 0.6 is 27.3 Å². The molecule has 1 saturated heterocycles. The summed E-state index contributed by atoms with van der Waals surface area (Å²) in [4.78, 5) is 30.5. The van der Waals surface area contributed by atoms with Crippen molar-refractivity contribution in [3.05, 3.63) is 50.9 Å². The van der Waals surface area contributed by atoms with Gasteiger partial charge in [0.1, 0.15) is 10.4 Å². The van der Waals surface area contributed by atoms with Crippen molar-refractivity contribution in [2.45, 2.75) is 17.6 Å². The smallest absolute Gasteiger partial charge is 0.272 e. The fourth-order valence-electron chi connectivity index (χ4n) is 3.27. The summed E-state index contributed by atoms with van der Waals surface area (Å²) in [5.41, 5.74) is 5.67. The van der Waals surface area contributed by atoms with Crippen molar-refractivity contribution in [3.63, 3.8) is 0 Å². The van der Waals surface area contributed by atoms with Crippen molar-refractivity contribution in [3.8, 4) is 0 Å². The zero-order valence-corrected chi connectivity index (χ0v) is 17.5. The van der Waals surface area contributed by atoms with Crippen LogP contribution in [0.3, 0.4) is 0 Å². The minimum atomic E-state index is -3.73.